The fourth-order valence-electron chi connectivity index (χ4n) is 1.27. The van der Waals surface area contributed by atoms with E-state index in [4.69, 9.17) is 4.74 Å². The Kier molecular flexibility index (Phi) is 3.86. The highest BCUT2D eigenvalue weighted by molar-refractivity contribution is 5.95. The highest BCUT2D eigenvalue weighted by Crippen LogP contribution is 2.14. The molecule has 1 unspecified atom stereocenters. The predicted molar refractivity (Wildman–Crippen MR) is 61.1 cm³/mol. The van der Waals surface area contributed by atoms with E-state index in [9.17, 15) is 4.79 Å². The van der Waals surface area contributed by atoms with Crippen LogP contribution in [0.3, 0.4) is 0 Å². The molecule has 3 heteroatoms. The first kappa shape index (κ1) is 11.7. The topological polar surface area (TPSA) is 29.5 Å². The SMILES string of the molecule is COC(C)C(=O)N(C)c1ccc(C)cc1. The lowest BCUT2D eigenvalue weighted by Gasteiger charge is -2.20. The van der Waals surface area contributed by atoms with Crippen LogP contribution in [0.4, 0.5) is 5.69 Å². The molecule has 0 aliphatic heterocycles. The van der Waals surface area contributed by atoms with Crippen LogP contribution < -0.4 is 4.90 Å². The molecule has 1 rings (SSSR count). The van der Waals surface area contributed by atoms with E-state index in [1.54, 1.807) is 18.9 Å². The predicted octanol–water partition coefficient (Wildman–Crippen LogP) is 1.99. The van der Waals surface area contributed by atoms with Crippen LogP contribution in [0, 0.1) is 6.92 Å². The molecule has 1 aromatic rings. The van der Waals surface area contributed by atoms with Crippen LogP contribution in [0.5, 0.6) is 0 Å². The van der Waals surface area contributed by atoms with Gasteiger partial charge in [0.2, 0.25) is 0 Å². The first-order valence-electron chi connectivity index (χ1n) is 4.93. The molecule has 0 bridgehead atoms. The molecule has 0 saturated heterocycles. The minimum Gasteiger partial charge on any atom is -0.372 e. The Morgan fingerprint density at radius 1 is 1.33 bits per heavy atom. The Hall–Kier alpha value is -1.35. The van der Waals surface area contributed by atoms with Crippen LogP contribution >= 0.6 is 0 Å². The van der Waals surface area contributed by atoms with E-state index in [-0.39, 0.29) is 5.91 Å². The van der Waals surface area contributed by atoms with Crippen LogP contribution in [0.15, 0.2) is 24.3 Å². The summed E-state index contributed by atoms with van der Waals surface area (Å²) < 4.78 is 4.99. The summed E-state index contributed by atoms with van der Waals surface area (Å²) in [4.78, 5) is 13.4. The molecule has 15 heavy (non-hydrogen) atoms. The number of nitrogens with zero attached hydrogens (tertiary/aromatic N) is 1. The lowest BCUT2D eigenvalue weighted by molar-refractivity contribution is -0.127. The minimum atomic E-state index is -0.406. The smallest absolute Gasteiger partial charge is 0.255 e. The van der Waals surface area contributed by atoms with Gasteiger partial charge >= 0.3 is 0 Å². The summed E-state index contributed by atoms with van der Waals surface area (Å²) in [5.41, 5.74) is 2.06. The van der Waals surface area contributed by atoms with E-state index in [0.29, 0.717) is 0 Å². The van der Waals surface area contributed by atoms with E-state index in [1.807, 2.05) is 31.2 Å². The van der Waals surface area contributed by atoms with E-state index < -0.39 is 6.10 Å². The van der Waals surface area contributed by atoms with Crippen molar-refractivity contribution in [1.29, 1.82) is 0 Å². The number of anilines is 1. The number of carbonyl (C=O) groups excluding carboxylic acids is 1. The average Bonchev–Trinajstić information content (AvgIpc) is 2.27. The largest absolute Gasteiger partial charge is 0.372 e. The molecule has 0 fully saturated rings. The summed E-state index contributed by atoms with van der Waals surface area (Å²) in [5.74, 6) is -0.0404. The number of hydrogen-bond acceptors (Lipinski definition) is 2. The van der Waals surface area contributed by atoms with Crippen LogP contribution in [0.2, 0.25) is 0 Å². The number of likely N-dealkylation sites (N-methyl/N-ethyl adjacent to an activating group) is 1. The first-order chi connectivity index (χ1) is 7.06. The molecule has 0 radical (unpaired) electrons. The fraction of sp³-hybridized carbons (Fsp3) is 0.417. The molecule has 0 aliphatic rings. The molecule has 0 heterocycles. The van der Waals surface area contributed by atoms with Crippen molar-refractivity contribution in [3.8, 4) is 0 Å². The Morgan fingerprint density at radius 2 is 1.87 bits per heavy atom. The number of carbonyl (C=O) groups is 1. The van der Waals surface area contributed by atoms with Gasteiger partial charge in [0, 0.05) is 19.8 Å². The van der Waals surface area contributed by atoms with E-state index in [2.05, 4.69) is 0 Å². The zero-order valence-electron chi connectivity index (χ0n) is 9.65. The van der Waals surface area contributed by atoms with Crippen molar-refractivity contribution in [2.75, 3.05) is 19.1 Å². The van der Waals surface area contributed by atoms with Crippen LogP contribution in [0.1, 0.15) is 12.5 Å². The Balaban J connectivity index is 2.80. The number of hydrogen-bond donors (Lipinski definition) is 0. The Bertz CT molecular complexity index is 332. The Labute approximate surface area is 90.7 Å². The summed E-state index contributed by atoms with van der Waals surface area (Å²) >= 11 is 0. The second-order valence-electron chi connectivity index (χ2n) is 3.61. The molecule has 0 N–H and O–H groups in total. The summed E-state index contributed by atoms with van der Waals surface area (Å²) in [6, 6.07) is 7.82. The number of benzene rings is 1. The standard InChI is InChI=1S/C12H17NO2/c1-9-5-7-11(8-6-9)13(3)12(14)10(2)15-4/h5-8,10H,1-4H3. The number of aryl methyl sites for hydroxylation is 1. The van der Waals surface area contributed by atoms with Gasteiger partial charge in [-0.1, -0.05) is 17.7 Å². The van der Waals surface area contributed by atoms with Crippen molar-refractivity contribution in [3.05, 3.63) is 29.8 Å². The molecular weight excluding hydrogens is 190 g/mol. The summed E-state index contributed by atoms with van der Waals surface area (Å²) in [7, 11) is 3.29. The van der Waals surface area contributed by atoms with Gasteiger partial charge in [-0.15, -0.1) is 0 Å². The molecule has 1 atom stereocenters. The average molecular weight is 207 g/mol. The van der Waals surface area contributed by atoms with Crippen molar-refractivity contribution in [2.45, 2.75) is 20.0 Å². The number of amides is 1. The quantitative estimate of drug-likeness (QED) is 0.758. The number of methoxy groups -OCH3 is 1. The van der Waals surface area contributed by atoms with Gasteiger partial charge in [0.1, 0.15) is 6.10 Å². The maximum atomic E-state index is 11.8. The molecule has 1 aromatic carbocycles. The van der Waals surface area contributed by atoms with Gasteiger partial charge in [-0.3, -0.25) is 4.79 Å². The highest BCUT2D eigenvalue weighted by atomic mass is 16.5. The summed E-state index contributed by atoms with van der Waals surface area (Å²) in [5, 5.41) is 0. The van der Waals surface area contributed by atoms with Gasteiger partial charge in [0.05, 0.1) is 0 Å². The van der Waals surface area contributed by atoms with Crippen molar-refractivity contribution >= 4 is 11.6 Å². The third-order valence-corrected chi connectivity index (χ3v) is 2.45. The fourth-order valence-corrected chi connectivity index (χ4v) is 1.27. The summed E-state index contributed by atoms with van der Waals surface area (Å²) in [6.07, 6.45) is -0.406. The normalized spacial score (nSPS) is 12.3. The van der Waals surface area contributed by atoms with Gasteiger partial charge in [0.25, 0.3) is 5.91 Å². The van der Waals surface area contributed by atoms with E-state index in [0.717, 1.165) is 5.69 Å². The molecule has 3 nitrogen and oxygen atoms in total. The Morgan fingerprint density at radius 3 is 2.33 bits per heavy atom. The monoisotopic (exact) mass is 207 g/mol. The minimum absolute atomic E-state index is 0.0404. The highest BCUT2D eigenvalue weighted by Gasteiger charge is 2.17. The van der Waals surface area contributed by atoms with Gasteiger partial charge < -0.3 is 9.64 Å². The summed E-state index contributed by atoms with van der Waals surface area (Å²) in [6.45, 7) is 3.76. The second-order valence-corrected chi connectivity index (χ2v) is 3.61. The van der Waals surface area contributed by atoms with Crippen molar-refractivity contribution in [3.63, 3.8) is 0 Å². The van der Waals surface area contributed by atoms with Crippen molar-refractivity contribution in [2.24, 2.45) is 0 Å². The lowest BCUT2D eigenvalue weighted by atomic mass is 10.2. The number of ether oxygens (including phenoxy) is 1. The molecule has 82 valence electrons. The maximum absolute atomic E-state index is 11.8. The van der Waals surface area contributed by atoms with Crippen LogP contribution in [-0.2, 0) is 9.53 Å². The molecule has 0 saturated carbocycles. The van der Waals surface area contributed by atoms with E-state index in [1.165, 1.54) is 12.7 Å². The van der Waals surface area contributed by atoms with Crippen molar-refractivity contribution < 1.29 is 9.53 Å². The maximum Gasteiger partial charge on any atom is 0.255 e. The lowest BCUT2D eigenvalue weighted by Crippen LogP contribution is -2.35. The van der Waals surface area contributed by atoms with Gasteiger partial charge in [-0.25, -0.2) is 0 Å². The molecular formula is C12H17NO2. The van der Waals surface area contributed by atoms with E-state index >= 15 is 0 Å². The molecule has 0 spiro atoms. The third kappa shape index (κ3) is 2.80. The van der Waals surface area contributed by atoms with Gasteiger partial charge in [-0.2, -0.15) is 0 Å². The zero-order valence-corrected chi connectivity index (χ0v) is 9.65. The van der Waals surface area contributed by atoms with Crippen LogP contribution in [-0.4, -0.2) is 26.2 Å². The zero-order chi connectivity index (χ0) is 11.4. The van der Waals surface area contributed by atoms with Crippen molar-refractivity contribution in [1.82, 2.24) is 0 Å². The van der Waals surface area contributed by atoms with Gasteiger partial charge in [-0.05, 0) is 26.0 Å². The molecule has 1 amide bonds. The number of rotatable bonds is 3. The first-order valence-corrected chi connectivity index (χ1v) is 4.93. The third-order valence-electron chi connectivity index (χ3n) is 2.45. The van der Waals surface area contributed by atoms with Gasteiger partial charge in [0.15, 0.2) is 0 Å². The molecule has 0 aromatic heterocycles. The van der Waals surface area contributed by atoms with Crippen LogP contribution in [0.25, 0.3) is 0 Å². The molecule has 0 aliphatic carbocycles. The second kappa shape index (κ2) is 4.94.